The number of nitrogens with zero attached hydrogens (tertiary/aromatic N) is 3. The molecule has 0 aliphatic rings. The van der Waals surface area contributed by atoms with Crippen LogP contribution in [-0.2, 0) is 13.6 Å². The van der Waals surface area contributed by atoms with Crippen LogP contribution in [0.15, 0.2) is 18.5 Å². The molecule has 0 saturated heterocycles. The molecule has 3 N–H and O–H groups in total. The average Bonchev–Trinajstić information content (AvgIpc) is 2.63. The van der Waals surface area contributed by atoms with Crippen molar-refractivity contribution >= 4 is 23.0 Å². The first-order valence-corrected chi connectivity index (χ1v) is 6.38. The maximum atomic E-state index is 5.76. The Morgan fingerprint density at radius 2 is 2.21 bits per heavy atom. The summed E-state index contributed by atoms with van der Waals surface area (Å²) < 4.78 is 1.76. The zero-order valence-electron chi connectivity index (χ0n) is 11.3. The van der Waals surface area contributed by atoms with Crippen LogP contribution in [0.3, 0.4) is 0 Å². The summed E-state index contributed by atoms with van der Waals surface area (Å²) in [6, 6.07) is 1.99. The highest BCUT2D eigenvalue weighted by Crippen LogP contribution is 2.19. The summed E-state index contributed by atoms with van der Waals surface area (Å²) >= 11 is 5.08. The minimum absolute atomic E-state index is 0.361. The van der Waals surface area contributed by atoms with Crippen molar-refractivity contribution in [3.05, 3.63) is 40.8 Å². The average molecular weight is 275 g/mol. The molecule has 0 amide bonds. The van der Waals surface area contributed by atoms with E-state index in [0.717, 1.165) is 22.6 Å². The molecule has 19 heavy (non-hydrogen) atoms. The zero-order chi connectivity index (χ0) is 14.0. The molecular weight excluding hydrogens is 258 g/mol. The summed E-state index contributed by atoms with van der Waals surface area (Å²) in [4.78, 5) is 4.44. The van der Waals surface area contributed by atoms with Crippen molar-refractivity contribution in [3.63, 3.8) is 0 Å². The Balaban J connectivity index is 2.25. The Morgan fingerprint density at radius 1 is 1.47 bits per heavy atom. The fourth-order valence-electron chi connectivity index (χ4n) is 2.04. The van der Waals surface area contributed by atoms with Gasteiger partial charge in [0.05, 0.1) is 11.3 Å². The van der Waals surface area contributed by atoms with Crippen molar-refractivity contribution in [1.29, 1.82) is 0 Å². The Hall–Kier alpha value is -1.95. The minimum atomic E-state index is 0.361. The van der Waals surface area contributed by atoms with Gasteiger partial charge in [-0.05, 0) is 31.0 Å². The third-order valence-electron chi connectivity index (χ3n) is 3.05. The molecule has 2 rings (SSSR count). The van der Waals surface area contributed by atoms with Crippen LogP contribution in [0.5, 0.6) is 0 Å². The van der Waals surface area contributed by atoms with E-state index >= 15 is 0 Å². The van der Waals surface area contributed by atoms with Crippen LogP contribution in [-0.4, -0.2) is 19.8 Å². The molecule has 2 heterocycles. The van der Waals surface area contributed by atoms with Gasteiger partial charge in [0.25, 0.3) is 0 Å². The summed E-state index contributed by atoms with van der Waals surface area (Å²) in [6.45, 7) is 4.62. The van der Waals surface area contributed by atoms with Crippen LogP contribution in [0.1, 0.15) is 22.4 Å². The number of pyridine rings is 1. The molecular formula is C13H17N5S. The van der Waals surface area contributed by atoms with Gasteiger partial charge in [0.15, 0.2) is 0 Å². The van der Waals surface area contributed by atoms with Gasteiger partial charge in [0.1, 0.15) is 10.8 Å². The molecule has 5 nitrogen and oxygen atoms in total. The van der Waals surface area contributed by atoms with Gasteiger partial charge in [-0.3, -0.25) is 9.67 Å². The Bertz CT molecular complexity index is 617. The van der Waals surface area contributed by atoms with Gasteiger partial charge in [-0.15, -0.1) is 0 Å². The molecule has 0 spiro atoms. The lowest BCUT2D eigenvalue weighted by Crippen LogP contribution is -2.14. The first-order valence-electron chi connectivity index (χ1n) is 5.97. The van der Waals surface area contributed by atoms with E-state index in [4.69, 9.17) is 18.0 Å². The molecule has 0 aliphatic carbocycles. The summed E-state index contributed by atoms with van der Waals surface area (Å²) in [7, 11) is 1.87. The molecule has 100 valence electrons. The smallest absolute Gasteiger partial charge is 0.134 e. The van der Waals surface area contributed by atoms with Gasteiger partial charge in [0, 0.05) is 26.0 Å². The molecule has 0 bridgehead atoms. The second kappa shape index (κ2) is 5.36. The lowest BCUT2D eigenvalue weighted by molar-refractivity contribution is 0.758. The third-order valence-corrected chi connectivity index (χ3v) is 3.26. The van der Waals surface area contributed by atoms with Crippen molar-refractivity contribution in [2.75, 3.05) is 5.32 Å². The van der Waals surface area contributed by atoms with E-state index < -0.39 is 0 Å². The van der Waals surface area contributed by atoms with E-state index in [1.807, 2.05) is 33.2 Å². The summed E-state index contributed by atoms with van der Waals surface area (Å²) in [6.07, 6.45) is 3.63. The topological polar surface area (TPSA) is 68.8 Å². The molecule has 0 aliphatic heterocycles. The molecule has 2 aromatic rings. The predicted octanol–water partition coefficient (Wildman–Crippen LogP) is 1.68. The first-order chi connectivity index (χ1) is 9.00. The van der Waals surface area contributed by atoms with Crippen molar-refractivity contribution in [3.8, 4) is 0 Å². The maximum absolute atomic E-state index is 5.76. The van der Waals surface area contributed by atoms with Crippen LogP contribution >= 0.6 is 12.2 Å². The summed E-state index contributed by atoms with van der Waals surface area (Å²) in [5.74, 6) is 0.848. The quantitative estimate of drug-likeness (QED) is 0.831. The SMILES string of the molecule is Cc1cnccc1CNc1c(C(N)=S)c(C)nn1C. The number of aryl methyl sites for hydroxylation is 3. The van der Waals surface area contributed by atoms with Gasteiger partial charge >= 0.3 is 0 Å². The molecule has 0 aromatic carbocycles. The number of hydrogen-bond donors (Lipinski definition) is 2. The van der Waals surface area contributed by atoms with Crippen LogP contribution in [0.4, 0.5) is 5.82 Å². The number of aromatic nitrogens is 3. The maximum Gasteiger partial charge on any atom is 0.134 e. The van der Waals surface area contributed by atoms with Crippen LogP contribution in [0.2, 0.25) is 0 Å². The van der Waals surface area contributed by atoms with Crippen LogP contribution < -0.4 is 11.1 Å². The second-order valence-electron chi connectivity index (χ2n) is 4.45. The third kappa shape index (κ3) is 2.73. The highest BCUT2D eigenvalue weighted by molar-refractivity contribution is 7.80. The molecule has 0 radical (unpaired) electrons. The van der Waals surface area contributed by atoms with Crippen LogP contribution in [0, 0.1) is 13.8 Å². The number of rotatable bonds is 4. The standard InChI is InChI=1S/C13H17N5S/c1-8-6-15-5-4-10(8)7-16-13-11(12(14)19)9(2)17-18(13)3/h4-6,16H,7H2,1-3H3,(H2,14,19). The number of nitrogens with two attached hydrogens (primary N) is 1. The van der Waals surface area contributed by atoms with Gasteiger partial charge in [-0.1, -0.05) is 12.2 Å². The van der Waals surface area contributed by atoms with Crippen LogP contribution in [0.25, 0.3) is 0 Å². The van der Waals surface area contributed by atoms with E-state index in [9.17, 15) is 0 Å². The fourth-order valence-corrected chi connectivity index (χ4v) is 2.28. The summed E-state index contributed by atoms with van der Waals surface area (Å²) in [5.41, 5.74) is 9.73. The van der Waals surface area contributed by atoms with Gasteiger partial charge in [-0.25, -0.2) is 0 Å². The van der Waals surface area contributed by atoms with E-state index in [2.05, 4.69) is 15.4 Å². The highest BCUT2D eigenvalue weighted by atomic mass is 32.1. The molecule has 0 saturated carbocycles. The molecule has 0 atom stereocenters. The normalized spacial score (nSPS) is 10.5. The van der Waals surface area contributed by atoms with Crippen molar-refractivity contribution in [1.82, 2.24) is 14.8 Å². The number of anilines is 1. The van der Waals surface area contributed by atoms with Crippen molar-refractivity contribution < 1.29 is 0 Å². The molecule has 6 heteroatoms. The zero-order valence-corrected chi connectivity index (χ0v) is 12.1. The Labute approximate surface area is 117 Å². The van der Waals surface area contributed by atoms with Gasteiger partial charge in [-0.2, -0.15) is 5.10 Å². The van der Waals surface area contributed by atoms with E-state index in [1.165, 1.54) is 5.56 Å². The van der Waals surface area contributed by atoms with Gasteiger partial charge in [0.2, 0.25) is 0 Å². The summed E-state index contributed by atoms with van der Waals surface area (Å²) in [5, 5.41) is 7.69. The van der Waals surface area contributed by atoms with Crippen molar-refractivity contribution in [2.45, 2.75) is 20.4 Å². The van der Waals surface area contributed by atoms with E-state index in [0.29, 0.717) is 11.5 Å². The Morgan fingerprint density at radius 3 is 2.84 bits per heavy atom. The number of nitrogens with one attached hydrogen (secondary N) is 1. The molecule has 0 fully saturated rings. The minimum Gasteiger partial charge on any atom is -0.389 e. The lowest BCUT2D eigenvalue weighted by Gasteiger charge is -2.10. The van der Waals surface area contributed by atoms with Crippen molar-refractivity contribution in [2.24, 2.45) is 12.8 Å². The monoisotopic (exact) mass is 275 g/mol. The highest BCUT2D eigenvalue weighted by Gasteiger charge is 2.15. The largest absolute Gasteiger partial charge is 0.389 e. The Kier molecular flexibility index (Phi) is 3.80. The molecule has 2 aromatic heterocycles. The predicted molar refractivity (Wildman–Crippen MR) is 80.1 cm³/mol. The lowest BCUT2D eigenvalue weighted by atomic mass is 10.1. The van der Waals surface area contributed by atoms with Gasteiger partial charge < -0.3 is 11.1 Å². The van der Waals surface area contributed by atoms with E-state index in [-0.39, 0.29) is 0 Å². The second-order valence-corrected chi connectivity index (χ2v) is 4.89. The number of hydrogen-bond acceptors (Lipinski definition) is 4. The number of thiocarbonyl (C=S) groups is 1. The first kappa shape index (κ1) is 13.5. The fraction of sp³-hybridized carbons (Fsp3) is 0.308. The molecule has 0 unspecified atom stereocenters. The van der Waals surface area contributed by atoms with E-state index in [1.54, 1.807) is 10.9 Å².